The topological polar surface area (TPSA) is 20.2 Å². The summed E-state index contributed by atoms with van der Waals surface area (Å²) in [4.78, 5) is 0. The van der Waals surface area contributed by atoms with E-state index in [0.717, 1.165) is 17.2 Å². The minimum absolute atomic E-state index is 0. The van der Waals surface area contributed by atoms with Crippen molar-refractivity contribution in [3.63, 3.8) is 0 Å². The van der Waals surface area contributed by atoms with Gasteiger partial charge in [-0.05, 0) is 53.6 Å². The van der Waals surface area contributed by atoms with Gasteiger partial charge >= 0.3 is 95.6 Å². The van der Waals surface area contributed by atoms with Crippen LogP contribution < -0.4 is 5.19 Å². The number of hydrogen-bond acceptors (Lipinski definition) is 1. The van der Waals surface area contributed by atoms with Gasteiger partial charge in [-0.1, -0.05) is 20.8 Å². The molecule has 0 fully saturated rings. The summed E-state index contributed by atoms with van der Waals surface area (Å²) >= 11 is 2.16. The van der Waals surface area contributed by atoms with Crippen LogP contribution in [0.5, 0.6) is 5.75 Å². The molecule has 1 N–H and O–H groups in total. The van der Waals surface area contributed by atoms with E-state index in [1.165, 1.54) is 31.6 Å². The molecule has 0 heterocycles. The molecule has 3 aromatic carbocycles. The van der Waals surface area contributed by atoms with Crippen LogP contribution in [0.1, 0.15) is 60.6 Å². The van der Waals surface area contributed by atoms with Gasteiger partial charge in [-0.2, -0.15) is 6.08 Å². The zero-order chi connectivity index (χ0) is 25.3. The predicted molar refractivity (Wildman–Crippen MR) is 159 cm³/mol. The van der Waals surface area contributed by atoms with Gasteiger partial charge in [0.1, 0.15) is 5.75 Å². The summed E-state index contributed by atoms with van der Waals surface area (Å²) in [5, 5.41) is 10.8. The van der Waals surface area contributed by atoms with Crippen LogP contribution >= 0.6 is 24.8 Å². The summed E-state index contributed by atoms with van der Waals surface area (Å²) in [7, 11) is 3.56. The first-order valence-corrected chi connectivity index (χ1v) is 12.8. The molecule has 3 aromatic rings. The molecule has 0 unspecified atom stereocenters. The van der Waals surface area contributed by atoms with E-state index in [1.807, 2.05) is 31.2 Å². The number of aromatic hydroxyl groups is 1. The SMILES string of the molecule is Cc1c(C)c(O)c([Si])c(C(C)(C)C)c1C.Cl.Cl.[C-]1=CC=CC1.[Ti+]=[C](c1ccccc1)c1ccccc1. The molecule has 0 aromatic heterocycles. The van der Waals surface area contributed by atoms with Gasteiger partial charge in [0, 0.05) is 0 Å². The van der Waals surface area contributed by atoms with Crippen LogP contribution in [0, 0.1) is 26.8 Å². The van der Waals surface area contributed by atoms with Crippen molar-refractivity contribution >= 4 is 44.1 Å². The maximum atomic E-state index is 10.0. The van der Waals surface area contributed by atoms with E-state index < -0.39 is 0 Å². The Morgan fingerprint density at radius 3 is 1.64 bits per heavy atom. The molecule has 36 heavy (non-hydrogen) atoms. The zero-order valence-electron chi connectivity index (χ0n) is 22.0. The van der Waals surface area contributed by atoms with Crippen molar-refractivity contribution in [1.29, 1.82) is 0 Å². The molecule has 4 rings (SSSR count). The summed E-state index contributed by atoms with van der Waals surface area (Å²) in [5.74, 6) is 0.375. The Morgan fingerprint density at radius 1 is 0.833 bits per heavy atom. The number of benzene rings is 3. The summed E-state index contributed by atoms with van der Waals surface area (Å²) < 4.78 is 1.33. The van der Waals surface area contributed by atoms with Crippen molar-refractivity contribution < 1.29 is 25.1 Å². The second-order valence-corrected chi connectivity index (χ2v) is 10.6. The predicted octanol–water partition coefficient (Wildman–Crippen LogP) is 7.36. The quantitative estimate of drug-likeness (QED) is 0.252. The monoisotopic (exact) mass is 570 g/mol. The molecule has 0 amide bonds. The van der Waals surface area contributed by atoms with E-state index in [2.05, 4.69) is 126 Å². The Bertz CT molecular complexity index is 1080. The van der Waals surface area contributed by atoms with Gasteiger partial charge in [-0.25, -0.2) is 12.2 Å². The molecule has 0 bridgehead atoms. The fraction of sp³-hybridized carbons (Fsp3) is 0.258. The molecule has 0 aliphatic heterocycles. The Labute approximate surface area is 245 Å². The van der Waals surface area contributed by atoms with Crippen molar-refractivity contribution in [2.75, 3.05) is 0 Å². The van der Waals surface area contributed by atoms with Crippen molar-refractivity contribution in [3.05, 3.63) is 118 Å². The van der Waals surface area contributed by atoms with Crippen molar-refractivity contribution in [1.82, 2.24) is 0 Å². The molecule has 188 valence electrons. The molecule has 3 radical (unpaired) electrons. The average molecular weight is 571 g/mol. The van der Waals surface area contributed by atoms with Gasteiger partial charge in [0.05, 0.1) is 10.2 Å². The first kappa shape index (κ1) is 34.3. The van der Waals surface area contributed by atoms with Crippen LogP contribution in [0.4, 0.5) is 0 Å². The number of phenolic OH excluding ortho intramolecular Hbond substituents is 1. The molecule has 1 aliphatic rings. The molecular formula is C31H36Cl2OSiTi. The zero-order valence-corrected chi connectivity index (χ0v) is 26.2. The molecule has 5 heteroatoms. The van der Waals surface area contributed by atoms with E-state index in [9.17, 15) is 5.11 Å². The second kappa shape index (κ2) is 16.2. The molecule has 1 aliphatic carbocycles. The fourth-order valence-corrected chi connectivity index (χ4v) is 5.06. The molecule has 0 spiro atoms. The molecule has 1 nitrogen and oxygen atoms in total. The van der Waals surface area contributed by atoms with Gasteiger partial charge in [-0.15, -0.1) is 31.2 Å². The molecular weight excluding hydrogens is 535 g/mol. The normalized spacial score (nSPS) is 11.2. The third-order valence-electron chi connectivity index (χ3n) is 5.80. The van der Waals surface area contributed by atoms with Gasteiger partial charge in [0.15, 0.2) is 0 Å². The Hall–Kier alpha value is -1.68. The molecule has 0 saturated heterocycles. The van der Waals surface area contributed by atoms with E-state index in [-0.39, 0.29) is 30.2 Å². The number of hydrogen-bond donors (Lipinski definition) is 1. The number of allylic oxidation sites excluding steroid dienone is 4. The van der Waals surface area contributed by atoms with Crippen molar-refractivity contribution in [3.8, 4) is 5.75 Å². The third-order valence-corrected chi connectivity index (χ3v) is 7.19. The van der Waals surface area contributed by atoms with E-state index >= 15 is 0 Å². The van der Waals surface area contributed by atoms with E-state index in [1.54, 1.807) is 0 Å². The molecule has 0 atom stereocenters. The first-order valence-electron chi connectivity index (χ1n) is 11.5. The standard InChI is InChI=1S/C13H19OSi.C13H10.C5H5.2ClH.Ti/c1-7-8(2)10(13(4,5)6)12(15)11(14)9(7)3;1-3-7-12(8-4-1)11-13-9-5-2-6-10-13;1-2-4-5-3-1;;;/h14H,1-6H3;1-10H;1-3H,4H2;2*1H;/q;;-1;;;+1. The van der Waals surface area contributed by atoms with Gasteiger partial charge in [0.25, 0.3) is 0 Å². The van der Waals surface area contributed by atoms with Gasteiger partial charge < -0.3 is 5.11 Å². The maximum absolute atomic E-state index is 10.0. The summed E-state index contributed by atoms with van der Waals surface area (Å²) in [6.07, 6.45) is 10.0. The molecule has 0 saturated carbocycles. The fourth-order valence-electron chi connectivity index (χ4n) is 3.79. The second-order valence-electron chi connectivity index (χ2n) is 9.33. The average Bonchev–Trinajstić information content (AvgIpc) is 3.42. The Morgan fingerprint density at radius 2 is 1.31 bits per heavy atom. The van der Waals surface area contributed by atoms with Gasteiger partial charge in [-0.3, -0.25) is 6.08 Å². The van der Waals surface area contributed by atoms with E-state index in [0.29, 0.717) is 5.75 Å². The van der Waals surface area contributed by atoms with Crippen molar-refractivity contribution in [2.45, 2.75) is 53.4 Å². The van der Waals surface area contributed by atoms with Crippen LogP contribution in [0.3, 0.4) is 0 Å². The van der Waals surface area contributed by atoms with Crippen LogP contribution in [0.2, 0.25) is 0 Å². The first-order chi connectivity index (χ1) is 16.1. The summed E-state index contributed by atoms with van der Waals surface area (Å²) in [6, 6.07) is 20.9. The Kier molecular flexibility index (Phi) is 15.5. The third kappa shape index (κ3) is 9.65. The number of phenols is 1. The van der Waals surface area contributed by atoms with Crippen LogP contribution in [-0.2, 0) is 25.4 Å². The van der Waals surface area contributed by atoms with Gasteiger partial charge in [0.2, 0.25) is 0 Å². The minimum atomic E-state index is 0. The number of halogens is 2. The van der Waals surface area contributed by atoms with Crippen LogP contribution in [0.15, 0.2) is 78.9 Å². The van der Waals surface area contributed by atoms with E-state index in [4.69, 9.17) is 0 Å². The number of rotatable bonds is 2. The van der Waals surface area contributed by atoms with Crippen molar-refractivity contribution in [2.24, 2.45) is 0 Å². The summed E-state index contributed by atoms with van der Waals surface area (Å²) in [6.45, 7) is 12.6. The Balaban J connectivity index is 0.000000545. The van der Waals surface area contributed by atoms with Crippen LogP contribution in [0.25, 0.3) is 0 Å². The summed E-state index contributed by atoms with van der Waals surface area (Å²) in [5.41, 5.74) is 7.22. The van der Waals surface area contributed by atoms with Crippen LogP contribution in [-0.4, -0.2) is 19.2 Å².